The van der Waals surface area contributed by atoms with Crippen LogP contribution in [0.1, 0.15) is 21.6 Å². The van der Waals surface area contributed by atoms with Crippen molar-refractivity contribution in [1.82, 2.24) is 0 Å². The Kier molecular flexibility index (Phi) is 3.44. The van der Waals surface area contributed by atoms with E-state index >= 15 is 0 Å². The summed E-state index contributed by atoms with van der Waals surface area (Å²) < 4.78 is 0. The van der Waals surface area contributed by atoms with E-state index in [1.54, 1.807) is 0 Å². The van der Waals surface area contributed by atoms with Gasteiger partial charge in [-0.2, -0.15) is 48.8 Å². The van der Waals surface area contributed by atoms with Gasteiger partial charge in [-0.3, -0.25) is 0 Å². The smallest absolute Gasteiger partial charge is 0.0393 e. The molecule has 3 rings (SSSR count). The number of benzene rings is 1. The number of rotatable bonds is 4. The first-order chi connectivity index (χ1) is 7.75. The summed E-state index contributed by atoms with van der Waals surface area (Å²) in [6, 6.07) is 8.90. The first-order valence-electron chi connectivity index (χ1n) is 5.45. The highest BCUT2D eigenvalue weighted by atomic mass is 32.2. The molecule has 0 saturated carbocycles. The summed E-state index contributed by atoms with van der Waals surface area (Å²) >= 11 is 13.3. The minimum atomic E-state index is 0.410. The van der Waals surface area contributed by atoms with Gasteiger partial charge in [0, 0.05) is 32.5 Å². The highest BCUT2D eigenvalue weighted by Gasteiger charge is 2.32. The lowest BCUT2D eigenvalue weighted by Gasteiger charge is -2.12. The molecule has 0 aliphatic carbocycles. The third-order valence-corrected chi connectivity index (χ3v) is 6.74. The van der Waals surface area contributed by atoms with Crippen LogP contribution in [0.3, 0.4) is 0 Å². The lowest BCUT2D eigenvalue weighted by atomic mass is 10.0. The van der Waals surface area contributed by atoms with E-state index in [2.05, 4.69) is 49.5 Å². The van der Waals surface area contributed by atoms with Gasteiger partial charge in [0.05, 0.1) is 0 Å². The number of hydrogen-bond acceptors (Lipinski definition) is 4. The molecule has 2 heterocycles. The number of thioether (sulfide) groups is 2. The van der Waals surface area contributed by atoms with E-state index in [9.17, 15) is 0 Å². The molecule has 86 valence electrons. The van der Waals surface area contributed by atoms with Crippen molar-refractivity contribution >= 4 is 48.8 Å². The van der Waals surface area contributed by atoms with Crippen molar-refractivity contribution in [3.63, 3.8) is 0 Å². The van der Waals surface area contributed by atoms with Crippen molar-refractivity contribution in [2.75, 3.05) is 11.5 Å². The third-order valence-electron chi connectivity index (χ3n) is 3.04. The Morgan fingerprint density at radius 1 is 0.875 bits per heavy atom. The zero-order chi connectivity index (χ0) is 11.1. The van der Waals surface area contributed by atoms with Crippen LogP contribution < -0.4 is 0 Å². The minimum absolute atomic E-state index is 0.410. The summed E-state index contributed by atoms with van der Waals surface area (Å²) in [5, 5.41) is 2.29. The van der Waals surface area contributed by atoms with Crippen molar-refractivity contribution < 1.29 is 0 Å². The van der Waals surface area contributed by atoms with Gasteiger partial charge in [-0.25, -0.2) is 0 Å². The molecule has 4 atom stereocenters. The average molecular weight is 287 g/mol. The Morgan fingerprint density at radius 2 is 1.19 bits per heavy atom. The molecule has 0 N–H and O–H groups in total. The second-order valence-electron chi connectivity index (χ2n) is 4.30. The van der Waals surface area contributed by atoms with Gasteiger partial charge >= 0.3 is 0 Å². The molecule has 2 aliphatic rings. The first-order valence-corrected chi connectivity index (χ1v) is 8.58. The van der Waals surface area contributed by atoms with E-state index in [0.29, 0.717) is 10.5 Å². The Labute approximate surface area is 116 Å². The zero-order valence-electron chi connectivity index (χ0n) is 8.74. The molecule has 0 radical (unpaired) electrons. The lowest BCUT2D eigenvalue weighted by molar-refractivity contribution is 0.976. The standard InChI is InChI=1S/C12H14S4/c13-11(9-5-15-9)7-1-2-8(4-3-7)12(14)10-6-16-10/h1-4,9-14H,5-6H2. The van der Waals surface area contributed by atoms with Crippen LogP contribution in [0.2, 0.25) is 0 Å². The number of thiol groups is 2. The molecule has 4 heteroatoms. The second kappa shape index (κ2) is 4.71. The van der Waals surface area contributed by atoms with Crippen LogP contribution in [0.4, 0.5) is 0 Å². The van der Waals surface area contributed by atoms with E-state index < -0.39 is 0 Å². The van der Waals surface area contributed by atoms with Crippen LogP contribution in [0.5, 0.6) is 0 Å². The van der Waals surface area contributed by atoms with Crippen molar-refractivity contribution in [3.05, 3.63) is 35.4 Å². The zero-order valence-corrected chi connectivity index (χ0v) is 12.2. The maximum absolute atomic E-state index is 4.67. The van der Waals surface area contributed by atoms with Gasteiger partial charge in [-0.1, -0.05) is 24.3 Å². The Morgan fingerprint density at radius 3 is 1.44 bits per heavy atom. The van der Waals surface area contributed by atoms with Crippen molar-refractivity contribution in [3.8, 4) is 0 Å². The second-order valence-corrected chi connectivity index (χ2v) is 7.96. The van der Waals surface area contributed by atoms with E-state index in [4.69, 9.17) is 0 Å². The van der Waals surface area contributed by atoms with Crippen LogP contribution in [-0.2, 0) is 0 Å². The van der Waals surface area contributed by atoms with E-state index in [1.807, 2.05) is 23.5 Å². The molecule has 0 spiro atoms. The van der Waals surface area contributed by atoms with Gasteiger partial charge in [0.2, 0.25) is 0 Å². The van der Waals surface area contributed by atoms with Crippen LogP contribution >= 0.6 is 48.8 Å². The summed E-state index contributed by atoms with van der Waals surface area (Å²) in [5.41, 5.74) is 2.71. The monoisotopic (exact) mass is 286 g/mol. The van der Waals surface area contributed by atoms with Gasteiger partial charge in [0.15, 0.2) is 0 Å². The fraction of sp³-hybridized carbons (Fsp3) is 0.500. The van der Waals surface area contributed by atoms with E-state index in [0.717, 1.165) is 10.5 Å². The predicted octanol–water partition coefficient (Wildman–Crippen LogP) is 3.86. The van der Waals surface area contributed by atoms with Crippen molar-refractivity contribution in [2.24, 2.45) is 0 Å². The van der Waals surface area contributed by atoms with E-state index in [1.165, 1.54) is 22.6 Å². The molecular formula is C12H14S4. The van der Waals surface area contributed by atoms with Crippen LogP contribution in [0.25, 0.3) is 0 Å². The van der Waals surface area contributed by atoms with Gasteiger partial charge in [0.1, 0.15) is 0 Å². The quantitative estimate of drug-likeness (QED) is 0.637. The highest BCUT2D eigenvalue weighted by molar-refractivity contribution is 8.07. The summed E-state index contributed by atoms with van der Waals surface area (Å²) in [6.45, 7) is 0. The van der Waals surface area contributed by atoms with Crippen molar-refractivity contribution in [1.29, 1.82) is 0 Å². The molecule has 0 nitrogen and oxygen atoms in total. The fourth-order valence-corrected chi connectivity index (χ4v) is 4.44. The molecule has 2 fully saturated rings. The van der Waals surface area contributed by atoms with Gasteiger partial charge in [-0.05, 0) is 11.1 Å². The number of hydrogen-bond donors (Lipinski definition) is 2. The molecule has 2 saturated heterocycles. The summed E-state index contributed by atoms with van der Waals surface area (Å²) in [5.74, 6) is 2.54. The lowest BCUT2D eigenvalue weighted by Crippen LogP contribution is -2.00. The van der Waals surface area contributed by atoms with Crippen LogP contribution in [-0.4, -0.2) is 22.0 Å². The molecular weight excluding hydrogens is 272 g/mol. The van der Waals surface area contributed by atoms with Gasteiger partial charge in [-0.15, -0.1) is 0 Å². The maximum atomic E-state index is 4.67. The normalized spacial score (nSPS) is 30.9. The summed E-state index contributed by atoms with van der Waals surface area (Å²) in [4.78, 5) is 0. The van der Waals surface area contributed by atoms with Gasteiger partial charge < -0.3 is 0 Å². The third kappa shape index (κ3) is 2.55. The maximum Gasteiger partial charge on any atom is 0.0393 e. The Bertz CT molecular complexity index is 330. The molecule has 0 amide bonds. The molecule has 1 aromatic rings. The van der Waals surface area contributed by atoms with Crippen molar-refractivity contribution in [2.45, 2.75) is 21.0 Å². The highest BCUT2D eigenvalue weighted by Crippen LogP contribution is 2.46. The average Bonchev–Trinajstić information content (AvgIpc) is 3.20. The Balaban J connectivity index is 1.73. The molecule has 1 aromatic carbocycles. The first kappa shape index (κ1) is 11.7. The largest absolute Gasteiger partial charge is 0.170 e. The summed E-state index contributed by atoms with van der Waals surface area (Å²) in [6.07, 6.45) is 0. The predicted molar refractivity (Wildman–Crippen MR) is 82.4 cm³/mol. The fourth-order valence-electron chi connectivity index (χ4n) is 1.80. The van der Waals surface area contributed by atoms with Gasteiger partial charge in [0.25, 0.3) is 0 Å². The molecule has 0 bridgehead atoms. The molecule has 0 aromatic heterocycles. The summed E-state index contributed by atoms with van der Waals surface area (Å²) in [7, 11) is 0. The van der Waals surface area contributed by atoms with Crippen LogP contribution in [0, 0.1) is 0 Å². The van der Waals surface area contributed by atoms with Crippen LogP contribution in [0.15, 0.2) is 24.3 Å². The van der Waals surface area contributed by atoms with E-state index in [-0.39, 0.29) is 0 Å². The topological polar surface area (TPSA) is 0 Å². The molecule has 4 unspecified atom stereocenters. The molecule has 2 aliphatic heterocycles. The minimum Gasteiger partial charge on any atom is -0.170 e. The SMILES string of the molecule is SC(c1ccc(C(S)C2CS2)cc1)C1CS1. The Hall–Kier alpha value is 0.620. The molecule has 16 heavy (non-hydrogen) atoms.